The molecule has 1 N–H and O–H groups in total. The molecular weight excluding hydrogens is 338 g/mol. The Hall–Kier alpha value is -2.64. The fraction of sp³-hybridized carbons (Fsp3) is 0.556. The Morgan fingerprint density at radius 1 is 1.23 bits per heavy atom. The highest BCUT2D eigenvalue weighted by atomic mass is 16.6. The molecule has 0 atom stereocenters. The number of rotatable bonds is 4. The molecule has 2 aliphatic rings. The van der Waals surface area contributed by atoms with E-state index in [2.05, 4.69) is 5.32 Å². The van der Waals surface area contributed by atoms with E-state index in [9.17, 15) is 19.7 Å². The van der Waals surface area contributed by atoms with Crippen LogP contribution < -0.4 is 15.0 Å². The van der Waals surface area contributed by atoms with Crippen molar-refractivity contribution < 1.29 is 19.2 Å². The number of ether oxygens (including phenoxy) is 1. The maximum Gasteiger partial charge on any atom is 0.331 e. The van der Waals surface area contributed by atoms with Crippen LogP contribution in [0.2, 0.25) is 0 Å². The van der Waals surface area contributed by atoms with Crippen LogP contribution in [-0.4, -0.2) is 35.9 Å². The summed E-state index contributed by atoms with van der Waals surface area (Å²) in [5.41, 5.74) is 0.361. The third-order valence-electron chi connectivity index (χ3n) is 4.84. The van der Waals surface area contributed by atoms with E-state index in [4.69, 9.17) is 4.74 Å². The second kappa shape index (κ2) is 8.16. The lowest BCUT2D eigenvalue weighted by molar-refractivity contribution is -0.384. The smallest absolute Gasteiger partial charge is 0.331 e. The first-order valence-corrected chi connectivity index (χ1v) is 9.06. The molecular formula is C18H23N3O5. The van der Waals surface area contributed by atoms with Gasteiger partial charge in [-0.3, -0.25) is 14.9 Å². The zero-order chi connectivity index (χ0) is 18.5. The van der Waals surface area contributed by atoms with Crippen molar-refractivity contribution in [3.8, 4) is 5.75 Å². The molecule has 3 rings (SSSR count). The van der Waals surface area contributed by atoms with Crippen LogP contribution in [0, 0.1) is 10.1 Å². The van der Waals surface area contributed by atoms with Gasteiger partial charge >= 0.3 is 5.97 Å². The number of nitrogens with one attached hydrogen (secondary N) is 1. The van der Waals surface area contributed by atoms with Crippen LogP contribution in [0.4, 0.5) is 11.4 Å². The molecule has 1 aromatic rings. The molecule has 1 aromatic carbocycles. The molecule has 0 aromatic heterocycles. The number of hydrogen-bond acceptors (Lipinski definition) is 6. The van der Waals surface area contributed by atoms with Crippen molar-refractivity contribution in [3.63, 3.8) is 0 Å². The largest absolute Gasteiger partial charge is 0.423 e. The van der Waals surface area contributed by atoms with E-state index >= 15 is 0 Å². The number of amides is 1. The Morgan fingerprint density at radius 3 is 2.62 bits per heavy atom. The number of esters is 1. The lowest BCUT2D eigenvalue weighted by Gasteiger charge is -2.30. The number of nitro groups is 1. The van der Waals surface area contributed by atoms with Gasteiger partial charge in [-0.05, 0) is 18.9 Å². The van der Waals surface area contributed by atoms with Crippen LogP contribution in [0.3, 0.4) is 0 Å². The van der Waals surface area contributed by atoms with Crippen LogP contribution in [0.5, 0.6) is 5.75 Å². The lowest BCUT2D eigenvalue weighted by Crippen LogP contribution is -2.46. The maximum absolute atomic E-state index is 12.5. The number of non-ortho nitro benzene ring substituents is 1. The quantitative estimate of drug-likeness (QED) is 0.383. The Kier molecular flexibility index (Phi) is 5.70. The fourth-order valence-electron chi connectivity index (χ4n) is 3.54. The van der Waals surface area contributed by atoms with Crippen molar-refractivity contribution in [1.29, 1.82) is 0 Å². The predicted molar refractivity (Wildman–Crippen MR) is 95.2 cm³/mol. The van der Waals surface area contributed by atoms with Gasteiger partial charge in [0.2, 0.25) is 5.91 Å². The van der Waals surface area contributed by atoms with Gasteiger partial charge in [0.1, 0.15) is 6.54 Å². The van der Waals surface area contributed by atoms with Gasteiger partial charge in [-0.1, -0.05) is 32.1 Å². The topological polar surface area (TPSA) is 102 Å². The van der Waals surface area contributed by atoms with Crippen molar-refractivity contribution in [2.24, 2.45) is 0 Å². The summed E-state index contributed by atoms with van der Waals surface area (Å²) in [6, 6.07) is 4.25. The maximum atomic E-state index is 12.5. The number of carbonyl (C=O) groups excluding carboxylic acids is 2. The molecule has 140 valence electrons. The third kappa shape index (κ3) is 4.50. The number of nitro benzene ring substituents is 1. The summed E-state index contributed by atoms with van der Waals surface area (Å²) in [6.07, 6.45) is 7.88. The molecule has 0 unspecified atom stereocenters. The first-order chi connectivity index (χ1) is 12.5. The second-order valence-electron chi connectivity index (χ2n) is 6.85. The minimum absolute atomic E-state index is 0.0242. The summed E-state index contributed by atoms with van der Waals surface area (Å²) in [6.45, 7) is -0.0285. The number of carbonyl (C=O) groups is 2. The van der Waals surface area contributed by atoms with Crippen molar-refractivity contribution in [2.75, 3.05) is 18.0 Å². The van der Waals surface area contributed by atoms with Gasteiger partial charge in [0.25, 0.3) is 5.69 Å². The summed E-state index contributed by atoms with van der Waals surface area (Å²) in [7, 11) is 0. The number of anilines is 1. The second-order valence-corrected chi connectivity index (χ2v) is 6.85. The van der Waals surface area contributed by atoms with Crippen LogP contribution in [0.15, 0.2) is 18.2 Å². The third-order valence-corrected chi connectivity index (χ3v) is 4.84. The Morgan fingerprint density at radius 2 is 1.92 bits per heavy atom. The van der Waals surface area contributed by atoms with E-state index in [0.717, 1.165) is 25.7 Å². The summed E-state index contributed by atoms with van der Waals surface area (Å²) in [4.78, 5) is 36.2. The fourth-order valence-corrected chi connectivity index (χ4v) is 3.54. The molecule has 1 fully saturated rings. The summed E-state index contributed by atoms with van der Waals surface area (Å²) in [5.74, 6) is -0.555. The van der Waals surface area contributed by atoms with Crippen molar-refractivity contribution >= 4 is 23.3 Å². The zero-order valence-corrected chi connectivity index (χ0v) is 14.6. The van der Waals surface area contributed by atoms with Crippen LogP contribution >= 0.6 is 0 Å². The van der Waals surface area contributed by atoms with Gasteiger partial charge in [-0.2, -0.15) is 0 Å². The molecule has 8 nitrogen and oxygen atoms in total. The van der Waals surface area contributed by atoms with Gasteiger partial charge in [-0.25, -0.2) is 4.79 Å². The van der Waals surface area contributed by atoms with Gasteiger partial charge in [0, 0.05) is 12.1 Å². The molecule has 0 saturated heterocycles. The van der Waals surface area contributed by atoms with Crippen molar-refractivity contribution in [1.82, 2.24) is 5.32 Å². The summed E-state index contributed by atoms with van der Waals surface area (Å²) in [5, 5.41) is 14.0. The first-order valence-electron chi connectivity index (χ1n) is 9.06. The van der Waals surface area contributed by atoms with Crippen molar-refractivity contribution in [2.45, 2.75) is 51.0 Å². The predicted octanol–water partition coefficient (Wildman–Crippen LogP) is 2.55. The number of benzene rings is 1. The highest BCUT2D eigenvalue weighted by Crippen LogP contribution is 2.35. The van der Waals surface area contributed by atoms with E-state index in [-0.39, 0.29) is 36.5 Å². The highest BCUT2D eigenvalue weighted by Gasteiger charge is 2.28. The molecule has 1 amide bonds. The van der Waals surface area contributed by atoms with Crippen molar-refractivity contribution in [3.05, 3.63) is 28.3 Å². The van der Waals surface area contributed by atoms with Gasteiger partial charge < -0.3 is 15.0 Å². The van der Waals surface area contributed by atoms with Crippen LogP contribution in [0.25, 0.3) is 0 Å². The number of hydrogen-bond donors (Lipinski definition) is 1. The minimum atomic E-state index is -0.547. The van der Waals surface area contributed by atoms with E-state index in [0.29, 0.717) is 5.69 Å². The molecule has 1 aliphatic heterocycles. The molecule has 0 spiro atoms. The Balaban J connectivity index is 1.66. The lowest BCUT2D eigenvalue weighted by atomic mass is 9.97. The first kappa shape index (κ1) is 18.2. The molecule has 26 heavy (non-hydrogen) atoms. The van der Waals surface area contributed by atoms with Gasteiger partial charge in [0.05, 0.1) is 23.2 Å². The van der Waals surface area contributed by atoms with Crippen LogP contribution in [-0.2, 0) is 9.59 Å². The molecule has 0 radical (unpaired) electrons. The monoisotopic (exact) mass is 361 g/mol. The Bertz CT molecular complexity index is 698. The van der Waals surface area contributed by atoms with E-state index in [1.165, 1.54) is 37.5 Å². The normalized spacial score (nSPS) is 18.3. The standard InChI is InChI=1S/C18H23N3O5/c22-17(19-13-6-4-2-1-3-5-7-13)11-20-12-18(23)26-16-10-14(21(24)25)8-9-15(16)20/h8-10,13H,1-7,11-12H2,(H,19,22). The van der Waals surface area contributed by atoms with E-state index in [1.54, 1.807) is 4.90 Å². The van der Waals surface area contributed by atoms with E-state index < -0.39 is 10.9 Å². The number of fused-ring (bicyclic) bond motifs is 1. The minimum Gasteiger partial charge on any atom is -0.423 e. The molecule has 1 aliphatic carbocycles. The molecule has 1 heterocycles. The summed E-state index contributed by atoms with van der Waals surface area (Å²) < 4.78 is 5.10. The van der Waals surface area contributed by atoms with Gasteiger partial charge in [0.15, 0.2) is 5.75 Å². The zero-order valence-electron chi connectivity index (χ0n) is 14.6. The molecule has 8 heteroatoms. The SMILES string of the molecule is O=C(CN1CC(=O)Oc2cc([N+](=O)[O-])ccc21)NC1CCCCCCC1. The summed E-state index contributed by atoms with van der Waals surface area (Å²) >= 11 is 0. The average molecular weight is 361 g/mol. The molecule has 1 saturated carbocycles. The number of nitrogens with zero attached hydrogens (tertiary/aromatic N) is 2. The van der Waals surface area contributed by atoms with Gasteiger partial charge in [-0.15, -0.1) is 0 Å². The van der Waals surface area contributed by atoms with Crippen LogP contribution in [0.1, 0.15) is 44.9 Å². The van der Waals surface area contributed by atoms with E-state index in [1.807, 2.05) is 0 Å². The molecule has 0 bridgehead atoms. The highest BCUT2D eigenvalue weighted by molar-refractivity contribution is 5.89. The average Bonchev–Trinajstić information content (AvgIpc) is 2.56. The Labute approximate surface area is 151 Å².